The van der Waals surface area contributed by atoms with E-state index in [1.807, 2.05) is 19.9 Å². The summed E-state index contributed by atoms with van der Waals surface area (Å²) in [6.07, 6.45) is 2.48. The number of nitrogen functional groups attached to an aromatic ring is 1. The monoisotopic (exact) mass is 222 g/mol. The first-order chi connectivity index (χ1) is 7.67. The number of nitrogens with zero attached hydrogens (tertiary/aromatic N) is 2. The number of ether oxygens (including phenoxy) is 1. The van der Waals surface area contributed by atoms with E-state index in [0.717, 1.165) is 31.0 Å². The van der Waals surface area contributed by atoms with Crippen molar-refractivity contribution in [1.29, 1.82) is 0 Å². The third-order valence-electron chi connectivity index (χ3n) is 2.72. The molecule has 16 heavy (non-hydrogen) atoms. The van der Waals surface area contributed by atoms with Gasteiger partial charge in [-0.15, -0.1) is 0 Å². The lowest BCUT2D eigenvalue weighted by molar-refractivity contribution is 0.00293. The van der Waals surface area contributed by atoms with Gasteiger partial charge in [0.2, 0.25) is 5.95 Å². The molecule has 1 aliphatic rings. The summed E-state index contributed by atoms with van der Waals surface area (Å²) in [5.41, 5.74) is 6.47. The molecule has 0 saturated heterocycles. The van der Waals surface area contributed by atoms with Crippen LogP contribution in [0.15, 0.2) is 6.07 Å². The molecule has 1 heterocycles. The van der Waals surface area contributed by atoms with Gasteiger partial charge in [0, 0.05) is 24.4 Å². The number of anilines is 2. The zero-order chi connectivity index (χ0) is 11.5. The Morgan fingerprint density at radius 1 is 1.50 bits per heavy atom. The number of aryl methyl sites for hydroxylation is 1. The minimum Gasteiger partial charge on any atom is -0.378 e. The Morgan fingerprint density at radius 3 is 2.88 bits per heavy atom. The minimum atomic E-state index is 0.322. The van der Waals surface area contributed by atoms with Crippen LogP contribution >= 0.6 is 0 Å². The first-order valence-electron chi connectivity index (χ1n) is 5.66. The Kier molecular flexibility index (Phi) is 3.24. The van der Waals surface area contributed by atoms with E-state index < -0.39 is 0 Å². The van der Waals surface area contributed by atoms with E-state index in [2.05, 4.69) is 15.3 Å². The predicted octanol–water partition coefficient (Wildman–Crippen LogP) is 1.35. The summed E-state index contributed by atoms with van der Waals surface area (Å²) in [5.74, 6) is 1.13. The summed E-state index contributed by atoms with van der Waals surface area (Å²) < 4.78 is 5.50. The van der Waals surface area contributed by atoms with Gasteiger partial charge in [-0.1, -0.05) is 0 Å². The summed E-state index contributed by atoms with van der Waals surface area (Å²) in [6.45, 7) is 4.72. The van der Waals surface area contributed by atoms with Gasteiger partial charge in [0.25, 0.3) is 0 Å². The van der Waals surface area contributed by atoms with Crippen LogP contribution in [0.3, 0.4) is 0 Å². The molecule has 3 N–H and O–H groups in total. The second-order valence-corrected chi connectivity index (χ2v) is 4.14. The number of hydrogen-bond donors (Lipinski definition) is 2. The molecule has 5 heteroatoms. The molecule has 1 fully saturated rings. The van der Waals surface area contributed by atoms with Crippen molar-refractivity contribution in [3.63, 3.8) is 0 Å². The molecule has 0 bridgehead atoms. The Balaban J connectivity index is 1.86. The molecular weight excluding hydrogens is 204 g/mol. The second kappa shape index (κ2) is 4.65. The fourth-order valence-corrected chi connectivity index (χ4v) is 1.93. The van der Waals surface area contributed by atoms with Gasteiger partial charge in [-0.05, 0) is 26.7 Å². The number of aromatic nitrogens is 2. The Bertz CT molecular complexity index is 343. The number of rotatable bonds is 4. The van der Waals surface area contributed by atoms with Gasteiger partial charge in [0.1, 0.15) is 5.82 Å². The number of nitrogens with one attached hydrogen (secondary N) is 1. The lowest BCUT2D eigenvalue weighted by Crippen LogP contribution is -2.41. The predicted molar refractivity (Wildman–Crippen MR) is 63.2 cm³/mol. The SMILES string of the molecule is CCOC1CC(Nc2cc(C)nc(N)n2)C1. The van der Waals surface area contributed by atoms with E-state index in [1.54, 1.807) is 0 Å². The van der Waals surface area contributed by atoms with Gasteiger partial charge in [0.05, 0.1) is 6.10 Å². The third-order valence-corrected chi connectivity index (χ3v) is 2.72. The lowest BCUT2D eigenvalue weighted by Gasteiger charge is -2.35. The highest BCUT2D eigenvalue weighted by atomic mass is 16.5. The molecule has 1 aromatic heterocycles. The Labute approximate surface area is 95.4 Å². The fourth-order valence-electron chi connectivity index (χ4n) is 1.93. The van der Waals surface area contributed by atoms with Crippen molar-refractivity contribution in [2.24, 2.45) is 0 Å². The smallest absolute Gasteiger partial charge is 0.222 e. The van der Waals surface area contributed by atoms with Gasteiger partial charge in [0.15, 0.2) is 0 Å². The molecule has 0 amide bonds. The molecule has 1 aliphatic carbocycles. The standard InChI is InChI=1S/C11H18N4O/c1-3-16-9-5-8(6-9)14-10-4-7(2)13-11(12)15-10/h4,8-9H,3,5-6H2,1-2H3,(H3,12,13,14,15). The molecule has 1 saturated carbocycles. The van der Waals surface area contributed by atoms with E-state index in [-0.39, 0.29) is 0 Å². The van der Waals surface area contributed by atoms with Crippen LogP contribution in [0.4, 0.5) is 11.8 Å². The van der Waals surface area contributed by atoms with Crippen molar-refractivity contribution >= 4 is 11.8 Å². The maximum atomic E-state index is 5.58. The third kappa shape index (κ3) is 2.61. The van der Waals surface area contributed by atoms with Crippen LogP contribution in [-0.2, 0) is 4.74 Å². The summed E-state index contributed by atoms with van der Waals surface area (Å²) >= 11 is 0. The Morgan fingerprint density at radius 2 is 2.25 bits per heavy atom. The molecule has 0 radical (unpaired) electrons. The molecular formula is C11H18N4O. The van der Waals surface area contributed by atoms with E-state index >= 15 is 0 Å². The Hall–Kier alpha value is -1.36. The summed E-state index contributed by atoms with van der Waals surface area (Å²) in [7, 11) is 0. The molecule has 5 nitrogen and oxygen atoms in total. The summed E-state index contributed by atoms with van der Waals surface area (Å²) in [4.78, 5) is 8.17. The molecule has 1 aromatic rings. The zero-order valence-corrected chi connectivity index (χ0v) is 9.73. The van der Waals surface area contributed by atoms with Gasteiger partial charge in [-0.25, -0.2) is 4.98 Å². The molecule has 88 valence electrons. The minimum absolute atomic E-state index is 0.322. The van der Waals surface area contributed by atoms with Crippen LogP contribution in [0, 0.1) is 6.92 Å². The fraction of sp³-hybridized carbons (Fsp3) is 0.636. The van der Waals surface area contributed by atoms with E-state index in [4.69, 9.17) is 10.5 Å². The van der Waals surface area contributed by atoms with Crippen LogP contribution < -0.4 is 11.1 Å². The van der Waals surface area contributed by atoms with Crippen LogP contribution in [0.2, 0.25) is 0 Å². The van der Waals surface area contributed by atoms with Crippen LogP contribution in [0.1, 0.15) is 25.5 Å². The number of nitrogens with two attached hydrogens (primary N) is 1. The highest BCUT2D eigenvalue weighted by Crippen LogP contribution is 2.26. The van der Waals surface area contributed by atoms with E-state index in [9.17, 15) is 0 Å². The molecule has 0 aromatic carbocycles. The van der Waals surface area contributed by atoms with Crippen molar-refractivity contribution in [1.82, 2.24) is 9.97 Å². The number of hydrogen-bond acceptors (Lipinski definition) is 5. The highest BCUT2D eigenvalue weighted by Gasteiger charge is 2.29. The maximum Gasteiger partial charge on any atom is 0.222 e. The molecule has 0 atom stereocenters. The lowest BCUT2D eigenvalue weighted by atomic mass is 9.89. The van der Waals surface area contributed by atoms with Crippen molar-refractivity contribution in [3.05, 3.63) is 11.8 Å². The van der Waals surface area contributed by atoms with Crippen molar-refractivity contribution < 1.29 is 4.74 Å². The molecule has 2 rings (SSSR count). The molecule has 0 spiro atoms. The van der Waals surface area contributed by atoms with E-state index in [0.29, 0.717) is 18.1 Å². The van der Waals surface area contributed by atoms with Gasteiger partial charge < -0.3 is 15.8 Å². The molecule has 0 unspecified atom stereocenters. The summed E-state index contributed by atoms with van der Waals surface area (Å²) in [5, 5.41) is 3.34. The van der Waals surface area contributed by atoms with Gasteiger partial charge >= 0.3 is 0 Å². The highest BCUT2D eigenvalue weighted by molar-refractivity contribution is 5.41. The van der Waals surface area contributed by atoms with Crippen LogP contribution in [0.5, 0.6) is 0 Å². The van der Waals surface area contributed by atoms with Crippen molar-refractivity contribution in [2.45, 2.75) is 38.8 Å². The summed E-state index contributed by atoms with van der Waals surface area (Å²) in [6, 6.07) is 2.36. The van der Waals surface area contributed by atoms with Crippen molar-refractivity contribution in [2.75, 3.05) is 17.7 Å². The quantitative estimate of drug-likeness (QED) is 0.804. The second-order valence-electron chi connectivity index (χ2n) is 4.14. The normalized spacial score (nSPS) is 23.9. The van der Waals surface area contributed by atoms with Crippen LogP contribution in [0.25, 0.3) is 0 Å². The van der Waals surface area contributed by atoms with Gasteiger partial charge in [-0.2, -0.15) is 4.98 Å². The largest absolute Gasteiger partial charge is 0.378 e. The maximum absolute atomic E-state index is 5.58. The van der Waals surface area contributed by atoms with Crippen molar-refractivity contribution in [3.8, 4) is 0 Å². The van der Waals surface area contributed by atoms with Gasteiger partial charge in [-0.3, -0.25) is 0 Å². The van der Waals surface area contributed by atoms with Crippen LogP contribution in [-0.4, -0.2) is 28.7 Å². The topological polar surface area (TPSA) is 73.1 Å². The average Bonchev–Trinajstić information content (AvgIpc) is 2.13. The first-order valence-corrected chi connectivity index (χ1v) is 5.66. The zero-order valence-electron chi connectivity index (χ0n) is 9.73. The van der Waals surface area contributed by atoms with E-state index in [1.165, 1.54) is 0 Å². The average molecular weight is 222 g/mol. The first kappa shape index (κ1) is 11.1. The molecule has 0 aliphatic heterocycles.